The molecule has 0 aromatic heterocycles. The highest BCUT2D eigenvalue weighted by atomic mass is 16.2. The summed E-state index contributed by atoms with van der Waals surface area (Å²) in [5, 5.41) is 3.54. The van der Waals surface area contributed by atoms with Crippen molar-refractivity contribution in [3.8, 4) is 0 Å². The third-order valence-corrected chi connectivity index (χ3v) is 4.80. The summed E-state index contributed by atoms with van der Waals surface area (Å²) < 4.78 is 0. The Morgan fingerprint density at radius 3 is 2.43 bits per heavy atom. The molecule has 3 heteroatoms. The molecule has 1 amide bonds. The van der Waals surface area contributed by atoms with Crippen LogP contribution in [0, 0.1) is 5.92 Å². The molecule has 2 rings (SSSR count). The number of rotatable bonds is 6. The molecule has 1 N–H and O–H groups in total. The van der Waals surface area contributed by atoms with Gasteiger partial charge in [0.2, 0.25) is 5.91 Å². The Morgan fingerprint density at radius 1 is 1.19 bits per heavy atom. The monoisotopic (exact) mass is 288 g/mol. The summed E-state index contributed by atoms with van der Waals surface area (Å²) in [5.41, 5.74) is 1.07. The highest BCUT2D eigenvalue weighted by Gasteiger charge is 2.42. The molecule has 0 bridgehead atoms. The molecule has 4 unspecified atom stereocenters. The summed E-state index contributed by atoms with van der Waals surface area (Å²) in [6.07, 6.45) is 3.35. The molecule has 1 saturated heterocycles. The summed E-state index contributed by atoms with van der Waals surface area (Å²) in [4.78, 5) is 15.0. The third-order valence-electron chi connectivity index (χ3n) is 4.80. The van der Waals surface area contributed by atoms with Crippen molar-refractivity contribution in [3.63, 3.8) is 0 Å². The largest absolute Gasteiger partial charge is 0.323 e. The van der Waals surface area contributed by atoms with Crippen LogP contribution in [-0.2, 0) is 4.79 Å². The zero-order valence-electron chi connectivity index (χ0n) is 13.7. The number of hydrogen-bond donors (Lipinski definition) is 1. The number of nitrogens with zero attached hydrogens (tertiary/aromatic N) is 1. The second-order valence-electron chi connectivity index (χ2n) is 6.19. The number of carbonyl (C=O) groups excluding carboxylic acids is 1. The average molecular weight is 288 g/mol. The zero-order valence-corrected chi connectivity index (χ0v) is 13.7. The van der Waals surface area contributed by atoms with Crippen molar-refractivity contribution in [1.29, 1.82) is 0 Å². The average Bonchev–Trinajstić information content (AvgIpc) is 2.83. The fourth-order valence-electron chi connectivity index (χ4n) is 3.13. The first-order valence-electron chi connectivity index (χ1n) is 8.23. The molecule has 1 aromatic carbocycles. The van der Waals surface area contributed by atoms with Gasteiger partial charge in [-0.2, -0.15) is 0 Å². The third kappa shape index (κ3) is 3.29. The van der Waals surface area contributed by atoms with Gasteiger partial charge in [0.15, 0.2) is 0 Å². The maximum atomic E-state index is 12.9. The van der Waals surface area contributed by atoms with Crippen LogP contribution in [0.25, 0.3) is 0 Å². The standard InChI is InChI=1S/C18H28N2O/c1-5-10-16-19-17(15-11-8-7-9-12-15)18(21)20(16)14(4)13(3)6-2/h7-9,11-14,16-17,19H,5-6,10H2,1-4H3. The lowest BCUT2D eigenvalue weighted by molar-refractivity contribution is -0.133. The van der Waals surface area contributed by atoms with Crippen LogP contribution in [0.5, 0.6) is 0 Å². The fourth-order valence-corrected chi connectivity index (χ4v) is 3.13. The van der Waals surface area contributed by atoms with Crippen molar-refractivity contribution < 1.29 is 4.79 Å². The SMILES string of the molecule is CCCC1NC(c2ccccc2)C(=O)N1C(C)C(C)CC. The van der Waals surface area contributed by atoms with Gasteiger partial charge < -0.3 is 4.90 Å². The van der Waals surface area contributed by atoms with E-state index in [-0.39, 0.29) is 24.2 Å². The van der Waals surface area contributed by atoms with Gasteiger partial charge in [-0.3, -0.25) is 10.1 Å². The second kappa shape index (κ2) is 7.08. The highest BCUT2D eigenvalue weighted by molar-refractivity contribution is 5.86. The second-order valence-corrected chi connectivity index (χ2v) is 6.19. The number of benzene rings is 1. The molecule has 4 atom stereocenters. The summed E-state index contributed by atoms with van der Waals surface area (Å²) in [6, 6.07) is 10.2. The van der Waals surface area contributed by atoms with Crippen LogP contribution in [0.4, 0.5) is 0 Å². The van der Waals surface area contributed by atoms with Gasteiger partial charge in [-0.05, 0) is 24.8 Å². The van der Waals surface area contributed by atoms with Crippen molar-refractivity contribution in [2.45, 2.75) is 65.2 Å². The van der Waals surface area contributed by atoms with Crippen LogP contribution in [-0.4, -0.2) is 23.0 Å². The molecule has 116 valence electrons. The Kier molecular flexibility index (Phi) is 5.40. The van der Waals surface area contributed by atoms with E-state index in [4.69, 9.17) is 0 Å². The molecule has 1 heterocycles. The van der Waals surface area contributed by atoms with Crippen LogP contribution in [0.3, 0.4) is 0 Å². The first-order chi connectivity index (χ1) is 10.1. The number of carbonyl (C=O) groups is 1. The minimum Gasteiger partial charge on any atom is -0.323 e. The number of nitrogens with one attached hydrogen (secondary N) is 1. The highest BCUT2D eigenvalue weighted by Crippen LogP contribution is 2.30. The van der Waals surface area contributed by atoms with E-state index in [1.165, 1.54) is 0 Å². The van der Waals surface area contributed by atoms with Crippen molar-refractivity contribution in [2.24, 2.45) is 5.92 Å². The summed E-state index contributed by atoms with van der Waals surface area (Å²) >= 11 is 0. The lowest BCUT2D eigenvalue weighted by Crippen LogP contribution is -2.45. The van der Waals surface area contributed by atoms with Gasteiger partial charge >= 0.3 is 0 Å². The number of hydrogen-bond acceptors (Lipinski definition) is 2. The van der Waals surface area contributed by atoms with Crippen molar-refractivity contribution in [1.82, 2.24) is 10.2 Å². The predicted molar refractivity (Wildman–Crippen MR) is 86.8 cm³/mol. The van der Waals surface area contributed by atoms with Crippen LogP contribution in [0.1, 0.15) is 58.6 Å². The molecular weight excluding hydrogens is 260 g/mol. The predicted octanol–water partition coefficient (Wildman–Crippen LogP) is 3.72. The van der Waals surface area contributed by atoms with Crippen LogP contribution in [0.2, 0.25) is 0 Å². The van der Waals surface area contributed by atoms with Gasteiger partial charge in [0.25, 0.3) is 0 Å². The molecule has 1 fully saturated rings. The minimum absolute atomic E-state index is 0.164. The van der Waals surface area contributed by atoms with E-state index >= 15 is 0 Å². The molecule has 1 aromatic rings. The van der Waals surface area contributed by atoms with Gasteiger partial charge in [-0.25, -0.2) is 0 Å². The van der Waals surface area contributed by atoms with E-state index in [2.05, 4.69) is 37.9 Å². The van der Waals surface area contributed by atoms with Gasteiger partial charge in [0, 0.05) is 6.04 Å². The smallest absolute Gasteiger partial charge is 0.245 e. The van der Waals surface area contributed by atoms with Gasteiger partial charge in [-0.15, -0.1) is 0 Å². The van der Waals surface area contributed by atoms with E-state index < -0.39 is 0 Å². The van der Waals surface area contributed by atoms with Gasteiger partial charge in [-0.1, -0.05) is 63.9 Å². The molecule has 1 aliphatic heterocycles. The Bertz CT molecular complexity index is 460. The first-order valence-corrected chi connectivity index (χ1v) is 8.23. The Morgan fingerprint density at radius 2 is 1.86 bits per heavy atom. The molecule has 3 nitrogen and oxygen atoms in total. The minimum atomic E-state index is -0.186. The topological polar surface area (TPSA) is 32.3 Å². The van der Waals surface area contributed by atoms with E-state index in [1.54, 1.807) is 0 Å². The van der Waals surface area contributed by atoms with Crippen LogP contribution < -0.4 is 5.32 Å². The molecule has 0 aliphatic carbocycles. The van der Waals surface area contributed by atoms with Crippen LogP contribution in [0.15, 0.2) is 30.3 Å². The maximum Gasteiger partial charge on any atom is 0.245 e. The Hall–Kier alpha value is -1.35. The van der Waals surface area contributed by atoms with E-state index in [0.717, 1.165) is 24.8 Å². The maximum absolute atomic E-state index is 12.9. The molecule has 1 aliphatic rings. The fraction of sp³-hybridized carbons (Fsp3) is 0.611. The normalized spacial score (nSPS) is 25.1. The summed E-state index contributed by atoms with van der Waals surface area (Å²) in [5.74, 6) is 0.747. The molecular formula is C18H28N2O. The summed E-state index contributed by atoms with van der Waals surface area (Å²) in [6.45, 7) is 8.79. The molecule has 0 radical (unpaired) electrons. The lowest BCUT2D eigenvalue weighted by Gasteiger charge is -2.33. The van der Waals surface area contributed by atoms with Crippen molar-refractivity contribution in [3.05, 3.63) is 35.9 Å². The summed E-state index contributed by atoms with van der Waals surface area (Å²) in [7, 11) is 0. The van der Waals surface area contributed by atoms with E-state index in [0.29, 0.717) is 5.92 Å². The molecule has 21 heavy (non-hydrogen) atoms. The van der Waals surface area contributed by atoms with Gasteiger partial charge in [0.05, 0.1) is 6.17 Å². The quantitative estimate of drug-likeness (QED) is 0.865. The zero-order chi connectivity index (χ0) is 15.4. The van der Waals surface area contributed by atoms with Crippen molar-refractivity contribution >= 4 is 5.91 Å². The lowest BCUT2D eigenvalue weighted by atomic mass is 9.98. The Balaban J connectivity index is 2.24. The van der Waals surface area contributed by atoms with Crippen LogP contribution >= 0.6 is 0 Å². The van der Waals surface area contributed by atoms with E-state index in [1.807, 2.05) is 30.3 Å². The van der Waals surface area contributed by atoms with Crippen molar-refractivity contribution in [2.75, 3.05) is 0 Å². The first kappa shape index (κ1) is 16.0. The Labute approximate surface area is 128 Å². The number of amides is 1. The van der Waals surface area contributed by atoms with Gasteiger partial charge in [0.1, 0.15) is 6.04 Å². The molecule has 0 spiro atoms. The van der Waals surface area contributed by atoms with E-state index in [9.17, 15) is 4.79 Å². The molecule has 0 saturated carbocycles.